The zero-order valence-corrected chi connectivity index (χ0v) is 71.3. The Bertz CT molecular complexity index is 1180. The molecule has 0 amide bonds. The Hall–Kier alpha value is -0.120. The Morgan fingerprint density at radius 1 is 0.0918 bits per heavy atom. The van der Waals surface area contributed by atoms with E-state index >= 15 is 0 Å². The molecular weight excluding hydrogens is 1180 g/mol. The number of unbranched alkanes of at least 4 members (excludes halogenated alkanes) is 74. The summed E-state index contributed by atoms with van der Waals surface area (Å²) >= 11 is 0. The third-order valence-electron chi connectivity index (χ3n) is 22.7. The van der Waals surface area contributed by atoms with Gasteiger partial charge in [-0.25, -0.2) is 0 Å². The summed E-state index contributed by atoms with van der Waals surface area (Å²) in [4.78, 5) is 5.32. The molecule has 3 heteroatoms. The van der Waals surface area contributed by atoms with E-state index in [1.54, 1.807) is 14.7 Å². The van der Waals surface area contributed by atoms with Gasteiger partial charge < -0.3 is 14.7 Å². The van der Waals surface area contributed by atoms with Crippen LogP contribution in [0.5, 0.6) is 0 Å². The van der Waals surface area contributed by atoms with Crippen LogP contribution in [0.4, 0.5) is 0 Å². The largest absolute Gasteiger partial charge is 0.337 e. The molecule has 0 aromatic heterocycles. The summed E-state index contributed by atoms with van der Waals surface area (Å²) < 4.78 is 0. The Labute approximate surface area is 626 Å². The monoisotopic (exact) mass is 1390 g/mol. The van der Waals surface area contributed by atoms with Crippen molar-refractivity contribution in [3.05, 3.63) is 0 Å². The van der Waals surface area contributed by atoms with Crippen LogP contribution >= 0.6 is 0 Å². The molecule has 0 saturated carbocycles. The normalized spacial score (nSPS) is 11.6. The highest BCUT2D eigenvalue weighted by atomic mass is 15.1. The molecule has 3 N–H and O–H groups in total. The first-order chi connectivity index (χ1) is 48.4. The van der Waals surface area contributed by atoms with E-state index in [4.69, 9.17) is 0 Å². The second-order valence-corrected chi connectivity index (χ2v) is 33.5. The fraction of sp³-hybridized carbons (Fsp3) is 1.00. The lowest BCUT2D eigenvalue weighted by Crippen LogP contribution is -3.09. The zero-order chi connectivity index (χ0) is 71.5. The zero-order valence-electron chi connectivity index (χ0n) is 71.3. The van der Waals surface area contributed by atoms with Crippen molar-refractivity contribution >= 4 is 0 Å². The maximum Gasteiger partial charge on any atom is 0.0768 e. The summed E-state index contributed by atoms with van der Waals surface area (Å²) in [5.41, 5.74) is 0. The van der Waals surface area contributed by atoms with Crippen molar-refractivity contribution in [1.82, 2.24) is 0 Å². The van der Waals surface area contributed by atoms with Gasteiger partial charge in [0.25, 0.3) is 0 Å². The molecule has 0 aliphatic carbocycles. The predicted octanol–water partition coefficient (Wildman–Crippen LogP) is 29.8. The van der Waals surface area contributed by atoms with Gasteiger partial charge in [0.05, 0.1) is 60.4 Å². The summed E-state index contributed by atoms with van der Waals surface area (Å²) in [7, 11) is 7.25. The molecule has 0 saturated heterocycles. The number of hydrogen-bond donors (Lipinski definition) is 3. The summed E-state index contributed by atoms with van der Waals surface area (Å²) in [5, 5.41) is 0. The molecular formula is C95H202N3+3. The van der Waals surface area contributed by atoms with Crippen molar-refractivity contribution in [1.29, 1.82) is 0 Å². The van der Waals surface area contributed by atoms with E-state index in [1.807, 2.05) is 0 Å². The van der Waals surface area contributed by atoms with Crippen molar-refractivity contribution in [2.24, 2.45) is 0 Å². The van der Waals surface area contributed by atoms with Gasteiger partial charge in [-0.15, -0.1) is 0 Å². The van der Waals surface area contributed by atoms with Crippen LogP contribution < -0.4 is 14.7 Å². The van der Waals surface area contributed by atoms with E-state index in [2.05, 4.69) is 62.7 Å². The fourth-order valence-corrected chi connectivity index (χ4v) is 15.4. The van der Waals surface area contributed by atoms with Crippen molar-refractivity contribution in [3.63, 3.8) is 0 Å². The van der Waals surface area contributed by atoms with E-state index in [1.165, 1.54) is 553 Å². The molecule has 0 unspecified atom stereocenters. The Balaban J connectivity index is -0.00000141. The lowest BCUT2D eigenvalue weighted by Gasteiger charge is -2.13. The number of quaternary nitrogens is 3. The molecule has 0 atom stereocenters. The van der Waals surface area contributed by atoms with E-state index in [-0.39, 0.29) is 0 Å². The first kappa shape index (κ1) is 102. The van der Waals surface area contributed by atoms with Gasteiger partial charge in [-0.1, -0.05) is 478 Å². The van der Waals surface area contributed by atoms with Crippen LogP contribution in [0.25, 0.3) is 0 Å². The molecule has 0 radical (unpaired) electrons. The standard InChI is InChI=1S/C37H77N.C33H69N.C25H53N/c1-4-6-8-10-12-14-16-18-20-22-24-26-28-30-32-34-36-38(3)37-35-33-31-29-27-25-23-21-19-17-15-13-11-9-7-5-2;1-4-6-8-10-12-14-16-18-20-22-24-26-28-30-32-34(3)33-31-29-27-25-23-21-19-17-15-13-11-9-7-5-2;1-4-6-8-10-12-14-16-18-20-22-24-26(3)25-23-21-19-17-15-13-11-9-7-5-2/h4-37H2,1-3H3;4-33H2,1-3H3;4-25H2,1-3H3/p+3. The van der Waals surface area contributed by atoms with Gasteiger partial charge in [0.15, 0.2) is 0 Å². The molecule has 0 aromatic rings. The maximum absolute atomic E-state index is 2.43. The summed E-state index contributed by atoms with van der Waals surface area (Å²) in [6, 6.07) is 0. The van der Waals surface area contributed by atoms with Gasteiger partial charge in [-0.2, -0.15) is 0 Å². The summed E-state index contributed by atoms with van der Waals surface area (Å²) in [6.45, 7) is 22.2. The van der Waals surface area contributed by atoms with Crippen LogP contribution in [0.2, 0.25) is 0 Å². The Morgan fingerprint density at radius 2 is 0.153 bits per heavy atom. The second-order valence-electron chi connectivity index (χ2n) is 33.5. The highest BCUT2D eigenvalue weighted by molar-refractivity contribution is 4.56. The molecule has 3 nitrogen and oxygen atoms in total. The molecule has 0 fully saturated rings. The highest BCUT2D eigenvalue weighted by Crippen LogP contribution is 2.19. The minimum atomic E-state index is 1.37. The quantitative estimate of drug-likeness (QED) is 0.0503. The molecule has 594 valence electrons. The van der Waals surface area contributed by atoms with E-state index in [0.717, 1.165) is 0 Å². The third kappa shape index (κ3) is 102. The molecule has 0 heterocycles. The van der Waals surface area contributed by atoms with E-state index < -0.39 is 0 Å². The first-order valence-corrected chi connectivity index (χ1v) is 47.9. The van der Waals surface area contributed by atoms with Crippen LogP contribution in [0.3, 0.4) is 0 Å². The van der Waals surface area contributed by atoms with Crippen LogP contribution in [-0.4, -0.2) is 60.4 Å². The molecule has 0 aromatic carbocycles. The topological polar surface area (TPSA) is 13.3 Å². The van der Waals surface area contributed by atoms with Gasteiger partial charge in [-0.05, 0) is 77.0 Å². The summed E-state index contributed by atoms with van der Waals surface area (Å²) in [6.07, 6.45) is 117. The predicted molar refractivity (Wildman–Crippen MR) is 453 cm³/mol. The maximum atomic E-state index is 2.43. The van der Waals surface area contributed by atoms with E-state index in [9.17, 15) is 0 Å². The van der Waals surface area contributed by atoms with Crippen molar-refractivity contribution in [2.75, 3.05) is 60.4 Å². The second kappa shape index (κ2) is 98.9. The third-order valence-corrected chi connectivity index (χ3v) is 22.7. The van der Waals surface area contributed by atoms with Crippen LogP contribution in [0, 0.1) is 0 Å². The molecule has 0 aliphatic heterocycles. The van der Waals surface area contributed by atoms with Gasteiger partial charge in [-0.3, -0.25) is 0 Å². The Kier molecular flexibility index (Phi) is 103. The molecule has 0 bridgehead atoms. The van der Waals surface area contributed by atoms with Crippen LogP contribution in [0.15, 0.2) is 0 Å². The minimum absolute atomic E-state index is 1.37. The van der Waals surface area contributed by atoms with Gasteiger partial charge in [0, 0.05) is 0 Å². The molecule has 98 heavy (non-hydrogen) atoms. The molecule has 0 spiro atoms. The average molecular weight is 1390 g/mol. The van der Waals surface area contributed by atoms with E-state index in [0.29, 0.717) is 0 Å². The van der Waals surface area contributed by atoms with Crippen molar-refractivity contribution in [2.45, 2.75) is 555 Å². The van der Waals surface area contributed by atoms with Crippen LogP contribution in [0.1, 0.15) is 555 Å². The lowest BCUT2D eigenvalue weighted by atomic mass is 10.0. The van der Waals surface area contributed by atoms with Gasteiger partial charge in [0.1, 0.15) is 0 Å². The SMILES string of the molecule is CCCCCCCCCCCCCCCCCC[NH+](C)CCCCCCCCCCCCCCCCCC.CCCCCCCCCCCCCCCC[NH+](C)CCCCCCCCCCCCCCCC.CCCCCCCCCCCC[NH+](C)CCCCCCCCCCCC. The van der Waals surface area contributed by atoms with Crippen molar-refractivity contribution < 1.29 is 14.7 Å². The minimum Gasteiger partial charge on any atom is -0.337 e. The average Bonchev–Trinajstić information content (AvgIpc) is 3.77. The number of hydrogen-bond acceptors (Lipinski definition) is 0. The van der Waals surface area contributed by atoms with Gasteiger partial charge >= 0.3 is 0 Å². The molecule has 0 rings (SSSR count). The first-order valence-electron chi connectivity index (χ1n) is 47.9. The number of nitrogens with one attached hydrogen (secondary N) is 3. The number of rotatable bonds is 86. The smallest absolute Gasteiger partial charge is 0.0768 e. The van der Waals surface area contributed by atoms with Gasteiger partial charge in [0.2, 0.25) is 0 Å². The molecule has 0 aliphatic rings. The van der Waals surface area contributed by atoms with Crippen molar-refractivity contribution in [3.8, 4) is 0 Å². The highest BCUT2D eigenvalue weighted by Gasteiger charge is 2.07. The fourth-order valence-electron chi connectivity index (χ4n) is 15.4. The Morgan fingerprint density at radius 3 is 0.224 bits per heavy atom. The van der Waals surface area contributed by atoms with Crippen LogP contribution in [-0.2, 0) is 0 Å². The summed E-state index contributed by atoms with van der Waals surface area (Å²) in [5.74, 6) is 0. The lowest BCUT2D eigenvalue weighted by molar-refractivity contribution is -0.880.